The Morgan fingerprint density at radius 2 is 1.18 bits per heavy atom. The molecule has 0 aliphatic carbocycles. The van der Waals surface area contributed by atoms with Crippen LogP contribution in [-0.2, 0) is 0 Å². The fraction of sp³-hybridized carbons (Fsp3) is 0.818. The predicted molar refractivity (Wildman–Crippen MR) is 52.6 cm³/mol. The van der Waals surface area contributed by atoms with E-state index in [0.29, 0.717) is 17.8 Å². The molecular weight excluding hydrogens is 132 g/mol. The van der Waals surface area contributed by atoms with Crippen molar-refractivity contribution in [3.05, 3.63) is 11.6 Å². The van der Waals surface area contributed by atoms with Crippen LogP contribution in [0.25, 0.3) is 0 Å². The van der Waals surface area contributed by atoms with Crippen molar-refractivity contribution in [2.45, 2.75) is 41.5 Å². The van der Waals surface area contributed by atoms with Crippen molar-refractivity contribution in [2.24, 2.45) is 17.8 Å². The molecule has 0 atom stereocenters. The van der Waals surface area contributed by atoms with E-state index in [1.54, 1.807) is 5.57 Å². The average molecular weight is 154 g/mol. The average Bonchev–Trinajstić information content (AvgIpc) is 1.81. The largest absolute Gasteiger partial charge is 0.0822 e. The molecule has 0 radical (unpaired) electrons. The zero-order chi connectivity index (χ0) is 9.02. The van der Waals surface area contributed by atoms with Crippen molar-refractivity contribution < 1.29 is 0 Å². The Morgan fingerprint density at radius 1 is 0.818 bits per heavy atom. The molecule has 11 heavy (non-hydrogen) atoms. The first-order valence-corrected chi connectivity index (χ1v) is 4.66. The minimum Gasteiger partial charge on any atom is -0.0822 e. The smallest absolute Gasteiger partial charge is 0.0257 e. The van der Waals surface area contributed by atoms with Gasteiger partial charge < -0.3 is 0 Å². The van der Waals surface area contributed by atoms with Crippen molar-refractivity contribution >= 4 is 0 Å². The first-order valence-electron chi connectivity index (χ1n) is 4.66. The van der Waals surface area contributed by atoms with Gasteiger partial charge in [-0.15, -0.1) is 0 Å². The Kier molecular flexibility index (Phi) is 4.48. The van der Waals surface area contributed by atoms with E-state index in [0.717, 1.165) is 0 Å². The minimum absolute atomic E-state index is 0.690. The van der Waals surface area contributed by atoms with Gasteiger partial charge in [0.05, 0.1) is 0 Å². The standard InChI is InChI=1S/C11H22/c1-8(2)7-11(9(3)4)10(5)6/h7-10H,1-6H3. The van der Waals surface area contributed by atoms with Crippen LogP contribution in [-0.4, -0.2) is 0 Å². The van der Waals surface area contributed by atoms with Crippen LogP contribution in [0.2, 0.25) is 0 Å². The van der Waals surface area contributed by atoms with E-state index in [9.17, 15) is 0 Å². The summed E-state index contributed by atoms with van der Waals surface area (Å²) in [5.41, 5.74) is 1.60. The summed E-state index contributed by atoms with van der Waals surface area (Å²) in [6.07, 6.45) is 2.40. The third-order valence-corrected chi connectivity index (χ3v) is 1.86. The van der Waals surface area contributed by atoms with Crippen molar-refractivity contribution in [3.63, 3.8) is 0 Å². The lowest BCUT2D eigenvalue weighted by atomic mass is 9.90. The summed E-state index contributed by atoms with van der Waals surface area (Å²) in [6.45, 7) is 13.6. The summed E-state index contributed by atoms with van der Waals surface area (Å²) in [5, 5.41) is 0. The summed E-state index contributed by atoms with van der Waals surface area (Å²) in [6, 6.07) is 0. The molecule has 0 rings (SSSR count). The van der Waals surface area contributed by atoms with Gasteiger partial charge in [-0.2, -0.15) is 0 Å². The third kappa shape index (κ3) is 4.23. The molecule has 0 aliphatic heterocycles. The third-order valence-electron chi connectivity index (χ3n) is 1.86. The molecule has 0 aromatic carbocycles. The second-order valence-corrected chi connectivity index (χ2v) is 4.22. The lowest BCUT2D eigenvalue weighted by Gasteiger charge is -2.16. The molecule has 0 N–H and O–H groups in total. The minimum atomic E-state index is 0.690. The molecule has 0 saturated carbocycles. The van der Waals surface area contributed by atoms with Gasteiger partial charge in [-0.1, -0.05) is 53.2 Å². The van der Waals surface area contributed by atoms with Crippen LogP contribution in [0.3, 0.4) is 0 Å². The summed E-state index contributed by atoms with van der Waals surface area (Å²) in [7, 11) is 0. The molecule has 0 aliphatic rings. The molecule has 0 aromatic rings. The molecule has 0 fully saturated rings. The van der Waals surface area contributed by atoms with E-state index in [1.807, 2.05) is 0 Å². The molecule has 0 heteroatoms. The van der Waals surface area contributed by atoms with E-state index in [2.05, 4.69) is 47.6 Å². The van der Waals surface area contributed by atoms with Gasteiger partial charge in [0.15, 0.2) is 0 Å². The topological polar surface area (TPSA) is 0 Å². The summed E-state index contributed by atoms with van der Waals surface area (Å²) in [5.74, 6) is 2.10. The number of rotatable bonds is 3. The Balaban J connectivity index is 4.33. The maximum absolute atomic E-state index is 2.40. The molecule has 0 amide bonds. The van der Waals surface area contributed by atoms with Crippen molar-refractivity contribution in [1.82, 2.24) is 0 Å². The number of hydrogen-bond acceptors (Lipinski definition) is 0. The maximum Gasteiger partial charge on any atom is -0.0257 e. The SMILES string of the molecule is CC(C)C=C(C(C)C)C(C)C. The number of hydrogen-bond donors (Lipinski definition) is 0. The van der Waals surface area contributed by atoms with E-state index in [-0.39, 0.29) is 0 Å². The predicted octanol–water partition coefficient (Wildman–Crippen LogP) is 3.88. The van der Waals surface area contributed by atoms with E-state index in [4.69, 9.17) is 0 Å². The van der Waals surface area contributed by atoms with Gasteiger partial charge >= 0.3 is 0 Å². The first-order chi connectivity index (χ1) is 4.95. The van der Waals surface area contributed by atoms with Gasteiger partial charge in [-0.25, -0.2) is 0 Å². The second kappa shape index (κ2) is 4.58. The highest BCUT2D eigenvalue weighted by molar-refractivity contribution is 5.08. The molecule has 0 spiro atoms. The Bertz CT molecular complexity index is 117. The van der Waals surface area contributed by atoms with Crippen molar-refractivity contribution in [3.8, 4) is 0 Å². The lowest BCUT2D eigenvalue weighted by molar-refractivity contribution is 0.608. The highest BCUT2D eigenvalue weighted by atomic mass is 14.1. The molecular formula is C11H22. The van der Waals surface area contributed by atoms with Gasteiger partial charge in [0.1, 0.15) is 0 Å². The first kappa shape index (κ1) is 10.7. The molecule has 0 heterocycles. The number of allylic oxidation sites excluding steroid dienone is 2. The molecule has 0 aromatic heterocycles. The highest BCUT2D eigenvalue weighted by Crippen LogP contribution is 2.20. The molecule has 66 valence electrons. The summed E-state index contributed by atoms with van der Waals surface area (Å²) < 4.78 is 0. The maximum atomic E-state index is 2.40. The van der Waals surface area contributed by atoms with Crippen molar-refractivity contribution in [1.29, 1.82) is 0 Å². The molecule has 0 unspecified atom stereocenters. The molecule has 0 bridgehead atoms. The van der Waals surface area contributed by atoms with E-state index >= 15 is 0 Å². The van der Waals surface area contributed by atoms with Crippen LogP contribution in [0, 0.1) is 17.8 Å². The monoisotopic (exact) mass is 154 g/mol. The zero-order valence-electron chi connectivity index (χ0n) is 8.81. The van der Waals surface area contributed by atoms with Crippen LogP contribution < -0.4 is 0 Å². The van der Waals surface area contributed by atoms with Crippen LogP contribution in [0.4, 0.5) is 0 Å². The van der Waals surface area contributed by atoms with E-state index in [1.165, 1.54) is 0 Å². The lowest BCUT2D eigenvalue weighted by Crippen LogP contribution is -2.03. The van der Waals surface area contributed by atoms with Crippen LogP contribution >= 0.6 is 0 Å². The quantitative estimate of drug-likeness (QED) is 0.541. The van der Waals surface area contributed by atoms with Gasteiger partial charge in [0.25, 0.3) is 0 Å². The van der Waals surface area contributed by atoms with E-state index < -0.39 is 0 Å². The zero-order valence-corrected chi connectivity index (χ0v) is 8.81. The molecule has 0 saturated heterocycles. The summed E-state index contributed by atoms with van der Waals surface area (Å²) >= 11 is 0. The second-order valence-electron chi connectivity index (χ2n) is 4.22. The van der Waals surface area contributed by atoms with Crippen LogP contribution in [0.15, 0.2) is 11.6 Å². The van der Waals surface area contributed by atoms with Gasteiger partial charge in [0, 0.05) is 0 Å². The summed E-state index contributed by atoms with van der Waals surface area (Å²) in [4.78, 5) is 0. The molecule has 0 nitrogen and oxygen atoms in total. The van der Waals surface area contributed by atoms with Crippen LogP contribution in [0.5, 0.6) is 0 Å². The fourth-order valence-electron chi connectivity index (χ4n) is 1.44. The Hall–Kier alpha value is -0.260. The van der Waals surface area contributed by atoms with Gasteiger partial charge in [0.2, 0.25) is 0 Å². The highest BCUT2D eigenvalue weighted by Gasteiger charge is 2.07. The van der Waals surface area contributed by atoms with Gasteiger partial charge in [-0.05, 0) is 17.8 Å². The van der Waals surface area contributed by atoms with Crippen molar-refractivity contribution in [2.75, 3.05) is 0 Å². The Morgan fingerprint density at radius 3 is 1.27 bits per heavy atom. The van der Waals surface area contributed by atoms with Gasteiger partial charge in [-0.3, -0.25) is 0 Å². The van der Waals surface area contributed by atoms with Crippen LogP contribution in [0.1, 0.15) is 41.5 Å². The normalized spacial score (nSPS) is 11.4. The fourth-order valence-corrected chi connectivity index (χ4v) is 1.44. The Labute approximate surface area is 71.7 Å².